The van der Waals surface area contributed by atoms with Crippen LogP contribution < -0.4 is 4.74 Å². The molecule has 2 aromatic carbocycles. The van der Waals surface area contributed by atoms with Crippen LogP contribution in [0.5, 0.6) is 5.75 Å². The average Bonchev–Trinajstić information content (AvgIpc) is 3.52. The number of benzene rings is 2. The first-order valence-electron chi connectivity index (χ1n) is 13.0. The molecule has 1 spiro atoms. The Labute approximate surface area is 218 Å². The summed E-state index contributed by atoms with van der Waals surface area (Å²) < 4.78 is 23.1. The molecule has 37 heavy (non-hydrogen) atoms. The van der Waals surface area contributed by atoms with Crippen molar-refractivity contribution in [3.8, 4) is 5.75 Å². The van der Waals surface area contributed by atoms with Gasteiger partial charge in [0, 0.05) is 16.6 Å². The Balaban J connectivity index is 1.04. The molecule has 1 aliphatic heterocycles. The van der Waals surface area contributed by atoms with Gasteiger partial charge in [-0.2, -0.15) is 10.2 Å². The molecular formula is C30H34N2O5. The second-order valence-corrected chi connectivity index (χ2v) is 10.3. The van der Waals surface area contributed by atoms with Gasteiger partial charge < -0.3 is 18.9 Å². The number of ether oxygens (including phenoxy) is 4. The van der Waals surface area contributed by atoms with Gasteiger partial charge in [-0.15, -0.1) is 0 Å². The molecule has 2 aromatic rings. The van der Waals surface area contributed by atoms with Crippen LogP contribution in [0.3, 0.4) is 0 Å². The van der Waals surface area contributed by atoms with Crippen molar-refractivity contribution >= 4 is 17.3 Å². The zero-order chi connectivity index (χ0) is 25.7. The third kappa shape index (κ3) is 6.17. The minimum atomic E-state index is -0.352. The smallest absolute Gasteiger partial charge is 0.333 e. The van der Waals surface area contributed by atoms with E-state index >= 15 is 0 Å². The van der Waals surface area contributed by atoms with Gasteiger partial charge in [0.1, 0.15) is 5.75 Å². The third-order valence-electron chi connectivity index (χ3n) is 7.34. The van der Waals surface area contributed by atoms with E-state index in [2.05, 4.69) is 29.0 Å². The molecule has 194 valence electrons. The number of nitrogens with zero attached hydrogens (tertiary/aromatic N) is 2. The van der Waals surface area contributed by atoms with Crippen LogP contribution in [0.4, 0.5) is 11.4 Å². The second kappa shape index (κ2) is 11.4. The maximum absolute atomic E-state index is 11.3. The van der Waals surface area contributed by atoms with Crippen LogP contribution in [0.15, 0.2) is 83.1 Å². The number of esters is 1. The molecule has 2 unspecified atom stereocenters. The highest BCUT2D eigenvalue weighted by Gasteiger charge is 2.51. The lowest BCUT2D eigenvalue weighted by molar-refractivity contribution is -0.239. The van der Waals surface area contributed by atoms with Gasteiger partial charge in [-0.3, -0.25) is 0 Å². The van der Waals surface area contributed by atoms with E-state index in [0.717, 1.165) is 48.7 Å². The van der Waals surface area contributed by atoms with Gasteiger partial charge in [0.05, 0.1) is 37.8 Å². The van der Waals surface area contributed by atoms with Crippen molar-refractivity contribution in [3.63, 3.8) is 0 Å². The summed E-state index contributed by atoms with van der Waals surface area (Å²) in [6.45, 7) is 7.63. The quantitative estimate of drug-likeness (QED) is 0.115. The molecule has 3 aliphatic rings. The predicted octanol–water partition coefficient (Wildman–Crippen LogP) is 7.01. The Morgan fingerprint density at radius 2 is 1.62 bits per heavy atom. The van der Waals surface area contributed by atoms with E-state index in [0.29, 0.717) is 30.6 Å². The van der Waals surface area contributed by atoms with Crippen molar-refractivity contribution in [2.75, 3.05) is 26.4 Å². The van der Waals surface area contributed by atoms with Crippen molar-refractivity contribution in [3.05, 3.63) is 78.4 Å². The van der Waals surface area contributed by atoms with E-state index in [1.165, 1.54) is 12.8 Å². The predicted molar refractivity (Wildman–Crippen MR) is 140 cm³/mol. The van der Waals surface area contributed by atoms with Crippen molar-refractivity contribution in [1.29, 1.82) is 0 Å². The van der Waals surface area contributed by atoms with Crippen LogP contribution in [0.25, 0.3) is 0 Å². The molecule has 0 radical (unpaired) electrons. The molecule has 2 fully saturated rings. The Bertz CT molecular complexity index is 1150. The number of rotatable bonds is 10. The first-order chi connectivity index (χ1) is 18.0. The number of azo groups is 1. The normalized spacial score (nSPS) is 26.1. The van der Waals surface area contributed by atoms with E-state index in [4.69, 9.17) is 18.9 Å². The highest BCUT2D eigenvalue weighted by Crippen LogP contribution is 2.54. The summed E-state index contributed by atoms with van der Waals surface area (Å²) in [7, 11) is 0. The highest BCUT2D eigenvalue weighted by molar-refractivity contribution is 5.86. The standard InChI is InChI=1S/C30H34N2O5/c1-21(2)28(33)35-16-4-3-15-34-27-13-11-26(12-14-27)32-31-25-9-6-23(7-10-25)29-36-19-30(20-37-29)18-22-5-8-24(30)17-22/h5-14,22,24,29H,1,3-4,15-20H2,2H3. The number of allylic oxidation sites excluding steroid dienone is 2. The summed E-state index contributed by atoms with van der Waals surface area (Å²) in [5.41, 5.74) is 3.10. The Kier molecular flexibility index (Phi) is 7.82. The summed E-state index contributed by atoms with van der Waals surface area (Å²) in [6, 6.07) is 15.3. The molecule has 1 saturated heterocycles. The van der Waals surface area contributed by atoms with Gasteiger partial charge in [-0.25, -0.2) is 4.79 Å². The van der Waals surface area contributed by atoms with Gasteiger partial charge in [-0.1, -0.05) is 30.9 Å². The molecule has 0 amide bonds. The lowest BCUT2D eigenvalue weighted by atomic mass is 9.76. The van der Waals surface area contributed by atoms with Gasteiger partial charge >= 0.3 is 5.97 Å². The van der Waals surface area contributed by atoms with Gasteiger partial charge in [0.2, 0.25) is 0 Å². The lowest BCUT2D eigenvalue weighted by Gasteiger charge is -2.41. The lowest BCUT2D eigenvalue weighted by Crippen LogP contribution is -2.41. The van der Waals surface area contributed by atoms with E-state index in [9.17, 15) is 4.79 Å². The van der Waals surface area contributed by atoms with E-state index in [1.807, 2.05) is 48.5 Å². The van der Waals surface area contributed by atoms with Crippen molar-refractivity contribution in [2.24, 2.45) is 27.5 Å². The number of carbonyl (C=O) groups excluding carboxylic acids is 1. The first kappa shape index (κ1) is 25.4. The van der Waals surface area contributed by atoms with Crippen molar-refractivity contribution < 1.29 is 23.7 Å². The minimum absolute atomic E-state index is 0.172. The molecular weight excluding hydrogens is 468 g/mol. The number of unbranched alkanes of at least 4 members (excludes halogenated alkanes) is 1. The fourth-order valence-electron chi connectivity index (χ4n) is 5.26. The summed E-state index contributed by atoms with van der Waals surface area (Å²) in [6.07, 6.45) is 8.36. The fraction of sp³-hybridized carbons (Fsp3) is 0.433. The molecule has 0 aromatic heterocycles. The van der Waals surface area contributed by atoms with Crippen LogP contribution in [0.1, 0.15) is 44.5 Å². The zero-order valence-corrected chi connectivity index (χ0v) is 21.3. The molecule has 2 atom stereocenters. The maximum Gasteiger partial charge on any atom is 0.333 e. The molecule has 2 bridgehead atoms. The van der Waals surface area contributed by atoms with Gasteiger partial charge in [-0.05, 0) is 80.8 Å². The summed E-state index contributed by atoms with van der Waals surface area (Å²) in [4.78, 5) is 11.3. The van der Waals surface area contributed by atoms with Crippen molar-refractivity contribution in [2.45, 2.75) is 38.9 Å². The molecule has 0 N–H and O–H groups in total. The second-order valence-electron chi connectivity index (χ2n) is 10.3. The van der Waals surface area contributed by atoms with E-state index in [-0.39, 0.29) is 17.7 Å². The highest BCUT2D eigenvalue weighted by atomic mass is 16.7. The number of fused-ring (bicyclic) bond motifs is 3. The number of carbonyl (C=O) groups is 1. The van der Waals surface area contributed by atoms with Crippen LogP contribution >= 0.6 is 0 Å². The van der Waals surface area contributed by atoms with E-state index < -0.39 is 0 Å². The maximum atomic E-state index is 11.3. The fourth-order valence-corrected chi connectivity index (χ4v) is 5.26. The van der Waals surface area contributed by atoms with Gasteiger partial charge in [0.15, 0.2) is 6.29 Å². The molecule has 1 saturated carbocycles. The summed E-state index contributed by atoms with van der Waals surface area (Å²) in [5.74, 6) is 1.72. The van der Waals surface area contributed by atoms with E-state index in [1.54, 1.807) is 6.92 Å². The first-order valence-corrected chi connectivity index (χ1v) is 13.0. The Morgan fingerprint density at radius 1 is 0.973 bits per heavy atom. The molecule has 7 nitrogen and oxygen atoms in total. The minimum Gasteiger partial charge on any atom is -0.494 e. The molecule has 2 aliphatic carbocycles. The summed E-state index contributed by atoms with van der Waals surface area (Å²) >= 11 is 0. The van der Waals surface area contributed by atoms with Crippen LogP contribution in [-0.2, 0) is 19.0 Å². The largest absolute Gasteiger partial charge is 0.494 e. The average molecular weight is 503 g/mol. The summed E-state index contributed by atoms with van der Waals surface area (Å²) in [5, 5.41) is 8.67. The van der Waals surface area contributed by atoms with Crippen LogP contribution in [-0.4, -0.2) is 32.4 Å². The molecule has 1 heterocycles. The zero-order valence-electron chi connectivity index (χ0n) is 21.3. The SMILES string of the molecule is C=C(C)C(=O)OCCCCOc1ccc(N=Nc2ccc(C3OCC4(CO3)CC3C=CC4C3)cc2)cc1. The Hall–Kier alpha value is -3.29. The number of hydrogen-bond donors (Lipinski definition) is 0. The molecule has 7 heteroatoms. The monoisotopic (exact) mass is 502 g/mol. The number of hydrogen-bond acceptors (Lipinski definition) is 7. The van der Waals surface area contributed by atoms with Crippen molar-refractivity contribution in [1.82, 2.24) is 0 Å². The van der Waals surface area contributed by atoms with Crippen LogP contribution in [0.2, 0.25) is 0 Å². The van der Waals surface area contributed by atoms with Gasteiger partial charge in [0.25, 0.3) is 0 Å². The van der Waals surface area contributed by atoms with Crippen LogP contribution in [0, 0.1) is 17.3 Å². The topological polar surface area (TPSA) is 78.7 Å². The third-order valence-corrected chi connectivity index (χ3v) is 7.34. The Morgan fingerprint density at radius 3 is 2.22 bits per heavy atom. The molecule has 5 rings (SSSR count).